The zero-order valence-electron chi connectivity index (χ0n) is 17.4. The van der Waals surface area contributed by atoms with Crippen molar-refractivity contribution in [3.63, 3.8) is 0 Å². The largest absolute Gasteiger partial charge is 0.321 e. The molecule has 156 valence electrons. The maximum atomic E-state index is 12.8. The van der Waals surface area contributed by atoms with Crippen molar-refractivity contribution in [2.45, 2.75) is 25.8 Å². The van der Waals surface area contributed by atoms with Gasteiger partial charge in [-0.2, -0.15) is 0 Å². The van der Waals surface area contributed by atoms with Gasteiger partial charge in [-0.3, -0.25) is 19.1 Å². The van der Waals surface area contributed by atoms with E-state index >= 15 is 0 Å². The summed E-state index contributed by atoms with van der Waals surface area (Å²) >= 11 is 0. The average Bonchev–Trinajstić information content (AvgIpc) is 3.42. The number of pyridine rings is 2. The predicted octanol–water partition coefficient (Wildman–Crippen LogP) is 3.67. The van der Waals surface area contributed by atoms with Crippen LogP contribution in [0.1, 0.15) is 39.8 Å². The van der Waals surface area contributed by atoms with Gasteiger partial charge < -0.3 is 5.32 Å². The third-order valence-electron chi connectivity index (χ3n) is 5.75. The van der Waals surface area contributed by atoms with Crippen LogP contribution >= 0.6 is 0 Å². The summed E-state index contributed by atoms with van der Waals surface area (Å²) in [6, 6.07) is 17.9. The van der Waals surface area contributed by atoms with E-state index in [2.05, 4.69) is 49.7 Å². The Balaban J connectivity index is 1.33. The molecule has 4 aromatic rings. The van der Waals surface area contributed by atoms with Gasteiger partial charge in [0.05, 0.1) is 17.4 Å². The Morgan fingerprint density at radius 3 is 2.77 bits per heavy atom. The normalized spacial score (nSPS) is 16.6. The number of hydrogen-bond acceptors (Lipinski definition) is 5. The fourth-order valence-electron chi connectivity index (χ4n) is 4.09. The molecular formula is C24H24N6O. The van der Waals surface area contributed by atoms with Gasteiger partial charge in [0, 0.05) is 30.9 Å². The number of carbonyl (C=O) groups is 1. The Hall–Kier alpha value is -3.58. The van der Waals surface area contributed by atoms with Crippen molar-refractivity contribution in [1.29, 1.82) is 0 Å². The third kappa shape index (κ3) is 4.18. The molecule has 0 unspecified atom stereocenters. The summed E-state index contributed by atoms with van der Waals surface area (Å²) in [6.07, 6.45) is 4.52. The highest BCUT2D eigenvalue weighted by Gasteiger charge is 2.27. The third-order valence-corrected chi connectivity index (χ3v) is 5.75. The molecule has 1 amide bonds. The first-order valence-corrected chi connectivity index (χ1v) is 10.5. The SMILES string of the molecule is Cc1ccc(NC(=O)c2ccc3nnc([C@H]4CCN(Cc5ccccc5)C4)n3c2)cn1. The molecule has 1 aromatic carbocycles. The molecule has 0 spiro atoms. The first-order valence-electron chi connectivity index (χ1n) is 10.5. The van der Waals surface area contributed by atoms with Crippen molar-refractivity contribution in [2.24, 2.45) is 0 Å². The van der Waals surface area contributed by atoms with Gasteiger partial charge >= 0.3 is 0 Å². The van der Waals surface area contributed by atoms with Gasteiger partial charge in [-0.05, 0) is 49.7 Å². The molecule has 1 aliphatic heterocycles. The van der Waals surface area contributed by atoms with Crippen LogP contribution in [0.15, 0.2) is 67.0 Å². The first-order chi connectivity index (χ1) is 15.2. The van der Waals surface area contributed by atoms with Crippen LogP contribution in [0.5, 0.6) is 0 Å². The Kier molecular flexibility index (Phi) is 5.18. The molecule has 4 heterocycles. The smallest absolute Gasteiger partial charge is 0.257 e. The van der Waals surface area contributed by atoms with Gasteiger partial charge in [0.2, 0.25) is 0 Å². The summed E-state index contributed by atoms with van der Waals surface area (Å²) in [7, 11) is 0. The lowest BCUT2D eigenvalue weighted by molar-refractivity contribution is 0.102. The van der Waals surface area contributed by atoms with E-state index in [1.807, 2.05) is 41.8 Å². The van der Waals surface area contributed by atoms with E-state index in [0.717, 1.165) is 43.2 Å². The number of nitrogens with zero attached hydrogens (tertiary/aromatic N) is 5. The van der Waals surface area contributed by atoms with Crippen molar-refractivity contribution in [3.8, 4) is 0 Å². The highest BCUT2D eigenvalue weighted by Crippen LogP contribution is 2.27. The number of benzene rings is 1. The van der Waals surface area contributed by atoms with Crippen LogP contribution in [-0.4, -0.2) is 43.5 Å². The second-order valence-corrected chi connectivity index (χ2v) is 8.05. The highest BCUT2D eigenvalue weighted by molar-refractivity contribution is 6.04. The predicted molar refractivity (Wildman–Crippen MR) is 119 cm³/mol. The fraction of sp³-hybridized carbons (Fsp3) is 0.250. The van der Waals surface area contributed by atoms with Crippen molar-refractivity contribution < 1.29 is 4.79 Å². The zero-order valence-corrected chi connectivity index (χ0v) is 17.4. The van der Waals surface area contributed by atoms with E-state index in [1.54, 1.807) is 12.3 Å². The Bertz CT molecular complexity index is 1200. The highest BCUT2D eigenvalue weighted by atomic mass is 16.1. The van der Waals surface area contributed by atoms with Crippen LogP contribution < -0.4 is 5.32 Å². The molecule has 0 radical (unpaired) electrons. The summed E-state index contributed by atoms with van der Waals surface area (Å²) in [6.45, 7) is 4.81. The summed E-state index contributed by atoms with van der Waals surface area (Å²) in [5.74, 6) is 1.03. The van der Waals surface area contributed by atoms with Crippen molar-refractivity contribution >= 4 is 17.2 Å². The molecule has 1 aliphatic rings. The number of carbonyl (C=O) groups excluding carboxylic acids is 1. The molecule has 7 nitrogen and oxygen atoms in total. The number of nitrogens with one attached hydrogen (secondary N) is 1. The molecule has 5 rings (SSSR count). The number of hydrogen-bond donors (Lipinski definition) is 1. The van der Waals surface area contributed by atoms with Gasteiger partial charge in [-0.25, -0.2) is 0 Å². The standard InChI is InChI=1S/C24H24N6O/c1-17-7-9-21(13-25-17)26-24(31)20-8-10-22-27-28-23(30(22)16-20)19-11-12-29(15-19)14-18-5-3-2-4-6-18/h2-10,13,16,19H,11-12,14-15H2,1H3,(H,26,31)/t19-/m0/s1. The van der Waals surface area contributed by atoms with E-state index in [-0.39, 0.29) is 5.91 Å². The van der Waals surface area contributed by atoms with Crippen molar-refractivity contribution in [2.75, 3.05) is 18.4 Å². The van der Waals surface area contributed by atoms with E-state index < -0.39 is 0 Å². The molecule has 7 heteroatoms. The second-order valence-electron chi connectivity index (χ2n) is 8.05. The van der Waals surface area contributed by atoms with E-state index in [0.29, 0.717) is 17.2 Å². The number of aromatic nitrogens is 4. The zero-order chi connectivity index (χ0) is 21.2. The number of fused-ring (bicyclic) bond motifs is 1. The molecule has 1 saturated heterocycles. The minimum absolute atomic E-state index is 0.177. The number of anilines is 1. The Morgan fingerprint density at radius 1 is 1.10 bits per heavy atom. The van der Waals surface area contributed by atoms with Gasteiger partial charge in [-0.1, -0.05) is 30.3 Å². The van der Waals surface area contributed by atoms with Crippen LogP contribution in [0.25, 0.3) is 5.65 Å². The summed E-state index contributed by atoms with van der Waals surface area (Å²) < 4.78 is 1.96. The van der Waals surface area contributed by atoms with E-state index in [4.69, 9.17) is 0 Å². The minimum atomic E-state index is -0.177. The topological polar surface area (TPSA) is 75.4 Å². The van der Waals surface area contributed by atoms with Crippen LogP contribution in [-0.2, 0) is 6.54 Å². The lowest BCUT2D eigenvalue weighted by Crippen LogP contribution is -2.20. The maximum Gasteiger partial charge on any atom is 0.257 e. The quantitative estimate of drug-likeness (QED) is 0.541. The molecule has 1 atom stereocenters. The van der Waals surface area contributed by atoms with Gasteiger partial charge in [0.15, 0.2) is 5.65 Å². The average molecular weight is 412 g/mol. The van der Waals surface area contributed by atoms with Crippen molar-refractivity contribution in [1.82, 2.24) is 24.5 Å². The monoisotopic (exact) mass is 412 g/mol. The molecule has 0 aliphatic carbocycles. The summed E-state index contributed by atoms with van der Waals surface area (Å²) in [5, 5.41) is 11.7. The lowest BCUT2D eigenvalue weighted by Gasteiger charge is -2.15. The molecule has 0 saturated carbocycles. The summed E-state index contributed by atoms with van der Waals surface area (Å²) in [4.78, 5) is 19.4. The molecule has 0 bridgehead atoms. The number of aryl methyl sites for hydroxylation is 1. The summed E-state index contributed by atoms with van der Waals surface area (Å²) in [5.41, 5.74) is 4.22. The van der Waals surface area contributed by atoms with Crippen molar-refractivity contribution in [3.05, 3.63) is 89.6 Å². The van der Waals surface area contributed by atoms with Gasteiger partial charge in [0.25, 0.3) is 5.91 Å². The molecular weight excluding hydrogens is 388 g/mol. The van der Waals surface area contributed by atoms with Gasteiger partial charge in [-0.15, -0.1) is 10.2 Å². The number of amides is 1. The minimum Gasteiger partial charge on any atom is -0.321 e. The molecule has 1 fully saturated rings. The maximum absolute atomic E-state index is 12.8. The Morgan fingerprint density at radius 2 is 1.97 bits per heavy atom. The van der Waals surface area contributed by atoms with Crippen LogP contribution in [0.2, 0.25) is 0 Å². The fourth-order valence-corrected chi connectivity index (χ4v) is 4.09. The lowest BCUT2D eigenvalue weighted by atomic mass is 10.1. The number of likely N-dealkylation sites (tertiary alicyclic amines) is 1. The second kappa shape index (κ2) is 8.28. The van der Waals surface area contributed by atoms with Crippen LogP contribution in [0, 0.1) is 6.92 Å². The van der Waals surface area contributed by atoms with E-state index in [9.17, 15) is 4.79 Å². The molecule has 31 heavy (non-hydrogen) atoms. The van der Waals surface area contributed by atoms with E-state index in [1.165, 1.54) is 5.56 Å². The molecule has 1 N–H and O–H groups in total. The number of rotatable bonds is 5. The van der Waals surface area contributed by atoms with Crippen LogP contribution in [0.3, 0.4) is 0 Å². The van der Waals surface area contributed by atoms with Crippen LogP contribution in [0.4, 0.5) is 5.69 Å². The first kappa shape index (κ1) is 19.4. The van der Waals surface area contributed by atoms with Gasteiger partial charge in [0.1, 0.15) is 5.82 Å². The molecule has 3 aromatic heterocycles. The Labute approximate surface area is 180 Å².